The summed E-state index contributed by atoms with van der Waals surface area (Å²) < 4.78 is 0. The lowest BCUT2D eigenvalue weighted by molar-refractivity contribution is -0.137. The standard InChI is InChI=1S/C24H46O2/c1-3-5-7-9-10-11-12-13-14-16-20-23(19-15-8-6-4-2)21-17-18-22-24(25)26/h13-14,23H,3-12,15-22H2,1-2H3,(H,25,26). The Kier molecular flexibility index (Phi) is 19.9. The molecule has 1 N–H and O–H groups in total. The zero-order chi connectivity index (χ0) is 19.3. The first kappa shape index (κ1) is 25.2. The van der Waals surface area contributed by atoms with Crippen molar-refractivity contribution in [2.75, 3.05) is 0 Å². The summed E-state index contributed by atoms with van der Waals surface area (Å²) in [5.74, 6) is 0.140. The number of rotatable bonds is 20. The third kappa shape index (κ3) is 19.5. The van der Waals surface area contributed by atoms with Gasteiger partial charge in [-0.2, -0.15) is 0 Å². The van der Waals surface area contributed by atoms with Gasteiger partial charge in [0.25, 0.3) is 0 Å². The summed E-state index contributed by atoms with van der Waals surface area (Å²) in [5.41, 5.74) is 0. The van der Waals surface area contributed by atoms with Crippen molar-refractivity contribution >= 4 is 5.97 Å². The van der Waals surface area contributed by atoms with Crippen LogP contribution in [0, 0.1) is 5.92 Å². The summed E-state index contributed by atoms with van der Waals surface area (Å²) in [6.45, 7) is 4.53. The van der Waals surface area contributed by atoms with E-state index in [4.69, 9.17) is 5.11 Å². The molecule has 0 aromatic rings. The minimum Gasteiger partial charge on any atom is -0.481 e. The number of carboxylic acid groups (broad SMARTS) is 1. The Morgan fingerprint density at radius 1 is 0.692 bits per heavy atom. The normalized spacial score (nSPS) is 12.7. The molecule has 0 aliphatic carbocycles. The number of hydrogen-bond acceptors (Lipinski definition) is 1. The highest BCUT2D eigenvalue weighted by Crippen LogP contribution is 2.23. The van der Waals surface area contributed by atoms with Crippen LogP contribution in [0.25, 0.3) is 0 Å². The summed E-state index contributed by atoms with van der Waals surface area (Å²) in [6.07, 6.45) is 26.9. The van der Waals surface area contributed by atoms with Crippen molar-refractivity contribution in [2.24, 2.45) is 5.92 Å². The Morgan fingerprint density at radius 2 is 1.23 bits per heavy atom. The highest BCUT2D eigenvalue weighted by molar-refractivity contribution is 5.66. The quantitative estimate of drug-likeness (QED) is 0.174. The fraction of sp³-hybridized carbons (Fsp3) is 0.875. The predicted molar refractivity (Wildman–Crippen MR) is 115 cm³/mol. The topological polar surface area (TPSA) is 37.3 Å². The van der Waals surface area contributed by atoms with Crippen molar-refractivity contribution in [1.82, 2.24) is 0 Å². The highest BCUT2D eigenvalue weighted by Gasteiger charge is 2.08. The summed E-state index contributed by atoms with van der Waals surface area (Å²) in [5, 5.41) is 8.77. The third-order valence-electron chi connectivity index (χ3n) is 5.35. The van der Waals surface area contributed by atoms with Crippen LogP contribution in [0.1, 0.15) is 129 Å². The monoisotopic (exact) mass is 366 g/mol. The van der Waals surface area contributed by atoms with E-state index in [2.05, 4.69) is 26.0 Å². The van der Waals surface area contributed by atoms with Crippen LogP contribution in [0.5, 0.6) is 0 Å². The van der Waals surface area contributed by atoms with Crippen molar-refractivity contribution in [3.63, 3.8) is 0 Å². The minimum atomic E-state index is -0.651. The van der Waals surface area contributed by atoms with Crippen molar-refractivity contribution in [3.05, 3.63) is 12.2 Å². The summed E-state index contributed by atoms with van der Waals surface area (Å²) in [6, 6.07) is 0. The van der Waals surface area contributed by atoms with E-state index >= 15 is 0 Å². The first-order valence-corrected chi connectivity index (χ1v) is 11.6. The number of carbonyl (C=O) groups is 1. The summed E-state index contributed by atoms with van der Waals surface area (Å²) in [4.78, 5) is 10.6. The van der Waals surface area contributed by atoms with Gasteiger partial charge in [0.1, 0.15) is 0 Å². The van der Waals surface area contributed by atoms with Crippen molar-refractivity contribution in [2.45, 2.75) is 129 Å². The molecule has 0 fully saturated rings. The maximum Gasteiger partial charge on any atom is 0.303 e. The fourth-order valence-corrected chi connectivity index (χ4v) is 3.61. The van der Waals surface area contributed by atoms with Gasteiger partial charge in [-0.25, -0.2) is 0 Å². The van der Waals surface area contributed by atoms with Crippen LogP contribution in [-0.2, 0) is 4.79 Å². The van der Waals surface area contributed by atoms with E-state index in [1.165, 1.54) is 96.3 Å². The van der Waals surface area contributed by atoms with E-state index in [1.54, 1.807) is 0 Å². The first-order valence-electron chi connectivity index (χ1n) is 11.6. The maximum atomic E-state index is 10.6. The van der Waals surface area contributed by atoms with Crippen LogP contribution in [0.3, 0.4) is 0 Å². The second-order valence-corrected chi connectivity index (χ2v) is 7.96. The SMILES string of the molecule is CCCCCCCCC=CCCC(CCCCCC)CCCCC(=O)O. The Balaban J connectivity index is 3.81. The molecule has 1 unspecified atom stereocenters. The molecule has 0 spiro atoms. The fourth-order valence-electron chi connectivity index (χ4n) is 3.61. The Morgan fingerprint density at radius 3 is 1.88 bits per heavy atom. The molecule has 2 heteroatoms. The molecule has 0 saturated carbocycles. The molecule has 0 rings (SSSR count). The first-order chi connectivity index (χ1) is 12.7. The van der Waals surface area contributed by atoms with E-state index in [1.807, 2.05) is 0 Å². The lowest BCUT2D eigenvalue weighted by Gasteiger charge is -2.16. The number of unbranched alkanes of at least 4 members (excludes halogenated alkanes) is 10. The van der Waals surface area contributed by atoms with Crippen LogP contribution in [0.4, 0.5) is 0 Å². The Hall–Kier alpha value is -0.790. The Labute approximate surface area is 163 Å². The molecule has 0 bridgehead atoms. The molecule has 0 aliphatic heterocycles. The van der Waals surface area contributed by atoms with Gasteiger partial charge < -0.3 is 5.11 Å². The van der Waals surface area contributed by atoms with Gasteiger partial charge in [0.15, 0.2) is 0 Å². The minimum absolute atomic E-state index is 0.334. The van der Waals surface area contributed by atoms with Crippen LogP contribution >= 0.6 is 0 Å². The van der Waals surface area contributed by atoms with Gasteiger partial charge in [-0.1, -0.05) is 103 Å². The van der Waals surface area contributed by atoms with Crippen LogP contribution < -0.4 is 0 Å². The molecule has 0 heterocycles. The molecular formula is C24H46O2. The molecule has 0 aliphatic rings. The highest BCUT2D eigenvalue weighted by atomic mass is 16.4. The van der Waals surface area contributed by atoms with Gasteiger partial charge in [-0.05, 0) is 38.0 Å². The second-order valence-electron chi connectivity index (χ2n) is 7.96. The number of aliphatic carboxylic acids is 1. The third-order valence-corrected chi connectivity index (χ3v) is 5.35. The average molecular weight is 367 g/mol. The van der Waals surface area contributed by atoms with E-state index in [0.29, 0.717) is 6.42 Å². The molecule has 154 valence electrons. The second kappa shape index (κ2) is 20.5. The smallest absolute Gasteiger partial charge is 0.303 e. The number of hydrogen-bond donors (Lipinski definition) is 1. The summed E-state index contributed by atoms with van der Waals surface area (Å²) in [7, 11) is 0. The van der Waals surface area contributed by atoms with E-state index in [-0.39, 0.29) is 0 Å². The zero-order valence-electron chi connectivity index (χ0n) is 17.8. The molecule has 0 aromatic carbocycles. The number of carboxylic acids is 1. The van der Waals surface area contributed by atoms with Crippen LogP contribution in [0.15, 0.2) is 12.2 Å². The van der Waals surface area contributed by atoms with Crippen LogP contribution in [-0.4, -0.2) is 11.1 Å². The van der Waals surface area contributed by atoms with E-state index in [9.17, 15) is 4.79 Å². The Bertz CT molecular complexity index is 322. The lowest BCUT2D eigenvalue weighted by atomic mass is 9.90. The summed E-state index contributed by atoms with van der Waals surface area (Å²) >= 11 is 0. The van der Waals surface area contributed by atoms with Crippen molar-refractivity contribution in [3.8, 4) is 0 Å². The van der Waals surface area contributed by atoms with Crippen LogP contribution in [0.2, 0.25) is 0 Å². The molecule has 1 atom stereocenters. The molecule has 0 aromatic heterocycles. The maximum absolute atomic E-state index is 10.6. The molecule has 0 radical (unpaired) electrons. The molecule has 0 amide bonds. The molecule has 2 nitrogen and oxygen atoms in total. The van der Waals surface area contributed by atoms with Gasteiger partial charge in [-0.3, -0.25) is 4.79 Å². The molecule has 0 saturated heterocycles. The van der Waals surface area contributed by atoms with E-state index in [0.717, 1.165) is 18.8 Å². The molecule has 26 heavy (non-hydrogen) atoms. The van der Waals surface area contributed by atoms with Gasteiger partial charge in [0.05, 0.1) is 0 Å². The van der Waals surface area contributed by atoms with Gasteiger partial charge in [0, 0.05) is 6.42 Å². The van der Waals surface area contributed by atoms with Gasteiger partial charge >= 0.3 is 5.97 Å². The van der Waals surface area contributed by atoms with Crippen molar-refractivity contribution in [1.29, 1.82) is 0 Å². The zero-order valence-corrected chi connectivity index (χ0v) is 17.8. The average Bonchev–Trinajstić information content (AvgIpc) is 2.62. The largest absolute Gasteiger partial charge is 0.481 e. The van der Waals surface area contributed by atoms with Gasteiger partial charge in [0.2, 0.25) is 0 Å². The number of allylic oxidation sites excluding steroid dienone is 2. The lowest BCUT2D eigenvalue weighted by Crippen LogP contribution is -2.02. The molecular weight excluding hydrogens is 320 g/mol. The van der Waals surface area contributed by atoms with E-state index < -0.39 is 5.97 Å². The van der Waals surface area contributed by atoms with Crippen molar-refractivity contribution < 1.29 is 9.90 Å². The predicted octanol–water partition coefficient (Wildman–Crippen LogP) is 8.31. The van der Waals surface area contributed by atoms with Gasteiger partial charge in [-0.15, -0.1) is 0 Å².